The molecule has 1 saturated carbocycles. The van der Waals surface area contributed by atoms with Crippen molar-refractivity contribution in [2.75, 3.05) is 27.7 Å². The van der Waals surface area contributed by atoms with E-state index in [2.05, 4.69) is 87.0 Å². The number of nitrogens with zero attached hydrogens (tertiary/aromatic N) is 3. The van der Waals surface area contributed by atoms with E-state index >= 15 is 0 Å². The molecule has 4 fully saturated rings. The fraction of sp³-hybridized carbons (Fsp3) is 0.688. The molecule has 213 valence electrons. The third kappa shape index (κ3) is 12.8. The summed E-state index contributed by atoms with van der Waals surface area (Å²) in [5, 5.41) is 0. The Morgan fingerprint density at radius 2 is 1.32 bits per heavy atom. The van der Waals surface area contributed by atoms with Crippen LogP contribution in [0.15, 0.2) is 35.9 Å². The van der Waals surface area contributed by atoms with Crippen molar-refractivity contribution in [3.05, 3.63) is 61.9 Å². The van der Waals surface area contributed by atoms with Crippen molar-refractivity contribution in [1.82, 2.24) is 14.7 Å². The SMILES string of the molecule is C.CC.CC1=CC2CC(C1)N2C.CN1C2CC1CC(C)(C)C2.CN1CCc2ccccc2C1.[CH3-].[CH3-].[Y].[Y].[Y]. The first-order valence-corrected chi connectivity index (χ1v) is 13.1. The van der Waals surface area contributed by atoms with Crippen molar-refractivity contribution >= 4 is 0 Å². The zero-order valence-corrected chi connectivity index (χ0v) is 34.4. The van der Waals surface area contributed by atoms with Gasteiger partial charge in [-0.2, -0.15) is 0 Å². The van der Waals surface area contributed by atoms with Crippen molar-refractivity contribution in [1.29, 1.82) is 0 Å². The van der Waals surface area contributed by atoms with Crippen LogP contribution in [0.1, 0.15) is 85.3 Å². The third-order valence-corrected chi connectivity index (χ3v) is 8.24. The van der Waals surface area contributed by atoms with Crippen LogP contribution in [0.2, 0.25) is 0 Å². The molecular formula is C32H59N3Y3-2. The van der Waals surface area contributed by atoms with Crippen molar-refractivity contribution < 1.29 is 98.1 Å². The van der Waals surface area contributed by atoms with E-state index in [9.17, 15) is 0 Å². The van der Waals surface area contributed by atoms with Gasteiger partial charge in [-0.3, -0.25) is 4.90 Å². The molecule has 3 nitrogen and oxygen atoms in total. The quantitative estimate of drug-likeness (QED) is 0.201. The number of benzene rings is 1. The van der Waals surface area contributed by atoms with Gasteiger partial charge in [-0.05, 0) is 83.1 Å². The fourth-order valence-electron chi connectivity index (χ4n) is 6.18. The summed E-state index contributed by atoms with van der Waals surface area (Å²) in [6.45, 7) is 13.4. The van der Waals surface area contributed by atoms with Crippen LogP contribution in [0.4, 0.5) is 0 Å². The second-order valence-corrected chi connectivity index (χ2v) is 11.4. The Morgan fingerprint density at radius 3 is 1.71 bits per heavy atom. The average Bonchev–Trinajstić information content (AvgIpc) is 2.79. The average molecular weight is 753 g/mol. The molecule has 4 bridgehead atoms. The second kappa shape index (κ2) is 21.8. The molecule has 4 unspecified atom stereocenters. The van der Waals surface area contributed by atoms with Crippen LogP contribution >= 0.6 is 0 Å². The van der Waals surface area contributed by atoms with E-state index in [-0.39, 0.29) is 120 Å². The van der Waals surface area contributed by atoms with Crippen molar-refractivity contribution in [3.8, 4) is 0 Å². The number of likely N-dealkylation sites (N-methyl/N-ethyl adjacent to an activating group) is 2. The maximum absolute atomic E-state index is 2.55. The van der Waals surface area contributed by atoms with Gasteiger partial charge >= 0.3 is 0 Å². The summed E-state index contributed by atoms with van der Waals surface area (Å²) < 4.78 is 0. The molecule has 1 aromatic carbocycles. The first-order valence-electron chi connectivity index (χ1n) is 13.1. The van der Waals surface area contributed by atoms with E-state index in [1.165, 1.54) is 56.2 Å². The van der Waals surface area contributed by atoms with Crippen LogP contribution in [0.5, 0.6) is 0 Å². The van der Waals surface area contributed by atoms with Crippen molar-refractivity contribution in [2.45, 2.75) is 111 Å². The second-order valence-electron chi connectivity index (χ2n) is 11.4. The van der Waals surface area contributed by atoms with Crippen LogP contribution in [-0.2, 0) is 111 Å². The van der Waals surface area contributed by atoms with Crippen molar-refractivity contribution in [2.24, 2.45) is 5.41 Å². The molecule has 3 saturated heterocycles. The van der Waals surface area contributed by atoms with E-state index in [1.807, 2.05) is 13.8 Å². The molecule has 38 heavy (non-hydrogen) atoms. The molecule has 5 heterocycles. The minimum atomic E-state index is 0. The fourth-order valence-corrected chi connectivity index (χ4v) is 6.18. The summed E-state index contributed by atoms with van der Waals surface area (Å²) in [7, 11) is 6.67. The van der Waals surface area contributed by atoms with Gasteiger partial charge < -0.3 is 24.7 Å². The largest absolute Gasteiger partial charge is 0.358 e. The normalized spacial score (nSPS) is 27.0. The molecule has 7 aliphatic rings. The van der Waals surface area contributed by atoms with Gasteiger partial charge in [0, 0.05) is 135 Å². The van der Waals surface area contributed by atoms with Crippen LogP contribution in [0, 0.1) is 20.3 Å². The Labute approximate surface area is 315 Å². The summed E-state index contributed by atoms with van der Waals surface area (Å²) in [6.07, 6.45) is 10.6. The van der Waals surface area contributed by atoms with Gasteiger partial charge in [-0.25, -0.2) is 0 Å². The first-order chi connectivity index (χ1) is 15.2. The smallest absolute Gasteiger partial charge is 0.0295 e. The zero-order chi connectivity index (χ0) is 23.5. The van der Waals surface area contributed by atoms with Gasteiger partial charge in [-0.15, -0.1) is 0 Å². The molecule has 2 aliphatic carbocycles. The molecule has 0 spiro atoms. The summed E-state index contributed by atoms with van der Waals surface area (Å²) in [5.41, 5.74) is 5.27. The van der Waals surface area contributed by atoms with Crippen molar-refractivity contribution in [3.63, 3.8) is 0 Å². The van der Waals surface area contributed by atoms with Gasteiger partial charge in [0.25, 0.3) is 0 Å². The maximum atomic E-state index is 2.55. The number of hydrogen-bond donors (Lipinski definition) is 0. The van der Waals surface area contributed by atoms with Gasteiger partial charge in [0.05, 0.1) is 0 Å². The van der Waals surface area contributed by atoms with Gasteiger partial charge in [0.15, 0.2) is 0 Å². The molecule has 8 rings (SSSR count). The number of fused-ring (bicyclic) bond motifs is 4. The van der Waals surface area contributed by atoms with Crippen LogP contribution in [-0.4, -0.2) is 66.6 Å². The predicted octanol–water partition coefficient (Wildman–Crippen LogP) is 7.52. The molecule has 1 aromatic rings. The van der Waals surface area contributed by atoms with Crippen LogP contribution in [0.25, 0.3) is 0 Å². The summed E-state index contributed by atoms with van der Waals surface area (Å²) in [4.78, 5) is 7.38. The van der Waals surface area contributed by atoms with E-state index in [0.29, 0.717) is 5.41 Å². The standard InChI is InChI=1S/C10H13N.C9H17N.C8H13N.C2H6.CH4.2CH3.3Y/c1-11-7-6-9-4-2-3-5-10(9)8-11;1-9(2)5-7-4-8(6-9)10(7)3;1-6-3-7-5-8(4-6)9(7)2;1-2;;;;;;/h2-5H,6-8H2,1H3;7-8H,4-6H2,1-3H3;3,7-8H,4-5H2,1-2H3;1-2H3;1H4;2*1H3;;;/q;;;;;2*-1;;;. The van der Waals surface area contributed by atoms with Crippen LogP contribution < -0.4 is 0 Å². The first kappa shape index (κ1) is 47.1. The van der Waals surface area contributed by atoms with E-state index in [1.54, 1.807) is 5.57 Å². The van der Waals surface area contributed by atoms with Crippen LogP contribution in [0.3, 0.4) is 0 Å². The van der Waals surface area contributed by atoms with E-state index < -0.39 is 0 Å². The Kier molecular flexibility index (Phi) is 27.0. The molecule has 4 atom stereocenters. The minimum Gasteiger partial charge on any atom is -0.358 e. The monoisotopic (exact) mass is 752 g/mol. The summed E-state index contributed by atoms with van der Waals surface area (Å²) in [5.74, 6) is 0. The number of piperidine rings is 1. The topological polar surface area (TPSA) is 9.72 Å². The Balaban J connectivity index is -0.000000206. The molecule has 6 heteroatoms. The Hall–Kier alpha value is 2.15. The van der Waals surface area contributed by atoms with Gasteiger partial charge in [0.2, 0.25) is 0 Å². The Bertz CT molecular complexity index is 769. The van der Waals surface area contributed by atoms with Gasteiger partial charge in [0.1, 0.15) is 0 Å². The third-order valence-electron chi connectivity index (χ3n) is 8.24. The van der Waals surface area contributed by atoms with E-state index in [4.69, 9.17) is 0 Å². The number of rotatable bonds is 0. The number of hydrogen-bond acceptors (Lipinski definition) is 3. The molecule has 0 amide bonds. The Morgan fingerprint density at radius 1 is 0.789 bits per heavy atom. The molecule has 5 aliphatic heterocycles. The molecular weight excluding hydrogens is 693 g/mol. The summed E-state index contributed by atoms with van der Waals surface area (Å²) >= 11 is 0. The zero-order valence-electron chi connectivity index (χ0n) is 25.9. The molecule has 0 aromatic heterocycles. The molecule has 0 N–H and O–H groups in total. The molecule has 3 radical (unpaired) electrons. The minimum absolute atomic E-state index is 0. The maximum Gasteiger partial charge on any atom is 0.0295 e. The van der Waals surface area contributed by atoms with E-state index in [0.717, 1.165) is 30.7 Å². The van der Waals surface area contributed by atoms with Gasteiger partial charge in [-0.1, -0.05) is 71.0 Å². The summed E-state index contributed by atoms with van der Waals surface area (Å²) in [6, 6.07) is 12.3. The predicted molar refractivity (Wildman–Crippen MR) is 159 cm³/mol.